The van der Waals surface area contributed by atoms with Crippen LogP contribution in [0.5, 0.6) is 5.75 Å². The predicted molar refractivity (Wildman–Crippen MR) is 87.1 cm³/mol. The van der Waals surface area contributed by atoms with Crippen molar-refractivity contribution in [2.24, 2.45) is 0 Å². The Morgan fingerprint density at radius 3 is 2.52 bits per heavy atom. The molecule has 118 valence electrons. The number of aliphatic hydroxyl groups excluding tert-OH is 1. The van der Waals surface area contributed by atoms with Gasteiger partial charge in [-0.25, -0.2) is 0 Å². The van der Waals surface area contributed by atoms with Crippen LogP contribution in [0.3, 0.4) is 0 Å². The number of halogens is 1. The number of aliphatic hydroxyl groups is 1. The van der Waals surface area contributed by atoms with E-state index in [1.165, 1.54) is 32.1 Å². The third-order valence-electron chi connectivity index (χ3n) is 4.20. The summed E-state index contributed by atoms with van der Waals surface area (Å²) in [5, 5.41) is 10.9. The molecule has 0 aromatic heterocycles. The van der Waals surface area contributed by atoms with Crippen molar-refractivity contribution in [3.05, 3.63) is 29.3 Å². The third kappa shape index (κ3) is 5.50. The number of likely N-dealkylation sites (N-methyl/N-ethyl adjacent to an activating group) is 1. The summed E-state index contributed by atoms with van der Waals surface area (Å²) >= 11 is 5.84. The molecule has 0 bridgehead atoms. The van der Waals surface area contributed by atoms with Gasteiger partial charge in [0.25, 0.3) is 0 Å². The molecule has 0 heterocycles. The fourth-order valence-corrected chi connectivity index (χ4v) is 3.16. The van der Waals surface area contributed by atoms with E-state index in [9.17, 15) is 5.11 Å². The highest BCUT2D eigenvalue weighted by Crippen LogP contribution is 2.22. The van der Waals surface area contributed by atoms with Gasteiger partial charge in [0.15, 0.2) is 0 Å². The molecule has 3 nitrogen and oxygen atoms in total. The van der Waals surface area contributed by atoms with Gasteiger partial charge in [-0.15, -0.1) is 0 Å². The van der Waals surface area contributed by atoms with E-state index in [2.05, 4.69) is 11.8 Å². The molecule has 21 heavy (non-hydrogen) atoms. The first-order valence-corrected chi connectivity index (χ1v) is 8.37. The Morgan fingerprint density at radius 2 is 1.90 bits per heavy atom. The highest BCUT2D eigenvalue weighted by Gasteiger charge is 2.22. The standard InChI is InChI=1S/C17H26ClNO2/c1-2-19(15-6-4-3-5-7-15)12-16(20)13-21-17-10-8-14(18)9-11-17/h8-11,15-16,20H,2-7,12-13H2,1H3/t16-/m0/s1. The molecule has 1 N–H and O–H groups in total. The maximum absolute atomic E-state index is 10.2. The van der Waals surface area contributed by atoms with Crippen molar-refractivity contribution >= 4 is 11.6 Å². The van der Waals surface area contributed by atoms with Gasteiger partial charge in [0.05, 0.1) is 0 Å². The second kappa shape index (κ2) is 8.62. The number of benzene rings is 1. The first-order valence-electron chi connectivity index (χ1n) is 7.99. The van der Waals surface area contributed by atoms with Crippen LogP contribution < -0.4 is 4.74 Å². The zero-order valence-corrected chi connectivity index (χ0v) is 13.6. The molecule has 4 heteroatoms. The van der Waals surface area contributed by atoms with Crippen LogP contribution in [-0.4, -0.2) is 41.8 Å². The molecule has 0 radical (unpaired) electrons. The lowest BCUT2D eigenvalue weighted by atomic mass is 9.94. The summed E-state index contributed by atoms with van der Waals surface area (Å²) in [5.41, 5.74) is 0. The summed E-state index contributed by atoms with van der Waals surface area (Å²) in [7, 11) is 0. The summed E-state index contributed by atoms with van der Waals surface area (Å²) in [6.07, 6.45) is 6.06. The molecule has 0 spiro atoms. The topological polar surface area (TPSA) is 32.7 Å². The van der Waals surface area contributed by atoms with E-state index in [0.717, 1.165) is 12.3 Å². The molecule has 0 aliphatic heterocycles. The van der Waals surface area contributed by atoms with E-state index in [1.54, 1.807) is 12.1 Å². The van der Waals surface area contributed by atoms with Gasteiger partial charge < -0.3 is 9.84 Å². The lowest BCUT2D eigenvalue weighted by molar-refractivity contribution is 0.0463. The Morgan fingerprint density at radius 1 is 1.24 bits per heavy atom. The fraction of sp³-hybridized carbons (Fsp3) is 0.647. The molecular formula is C17H26ClNO2. The van der Waals surface area contributed by atoms with Gasteiger partial charge in [0.2, 0.25) is 0 Å². The monoisotopic (exact) mass is 311 g/mol. The molecule has 1 saturated carbocycles. The zero-order valence-electron chi connectivity index (χ0n) is 12.8. The van der Waals surface area contributed by atoms with Crippen LogP contribution in [0.2, 0.25) is 5.02 Å². The van der Waals surface area contributed by atoms with E-state index in [4.69, 9.17) is 16.3 Å². The first-order chi connectivity index (χ1) is 10.2. The van der Waals surface area contributed by atoms with Gasteiger partial charge in [0, 0.05) is 17.6 Å². The third-order valence-corrected chi connectivity index (χ3v) is 4.45. The Kier molecular flexibility index (Phi) is 6.81. The Hall–Kier alpha value is -0.770. The molecule has 1 aromatic rings. The summed E-state index contributed by atoms with van der Waals surface area (Å²) in [6.45, 7) is 4.17. The maximum atomic E-state index is 10.2. The minimum Gasteiger partial charge on any atom is -0.491 e. The highest BCUT2D eigenvalue weighted by molar-refractivity contribution is 6.30. The minimum absolute atomic E-state index is 0.324. The summed E-state index contributed by atoms with van der Waals surface area (Å²) in [6, 6.07) is 7.88. The van der Waals surface area contributed by atoms with Gasteiger partial charge in [-0.3, -0.25) is 4.90 Å². The number of nitrogens with zero attached hydrogens (tertiary/aromatic N) is 1. The zero-order chi connectivity index (χ0) is 15.1. The maximum Gasteiger partial charge on any atom is 0.119 e. The van der Waals surface area contributed by atoms with Crippen LogP contribution in [-0.2, 0) is 0 Å². The largest absolute Gasteiger partial charge is 0.491 e. The SMILES string of the molecule is CCN(C[C@H](O)COc1ccc(Cl)cc1)C1CCCCC1. The Labute approximate surface area is 132 Å². The Balaban J connectivity index is 1.76. The average Bonchev–Trinajstić information content (AvgIpc) is 2.53. The van der Waals surface area contributed by atoms with Crippen LogP contribution in [0.25, 0.3) is 0 Å². The van der Waals surface area contributed by atoms with Crippen LogP contribution in [0.15, 0.2) is 24.3 Å². The molecule has 1 atom stereocenters. The Bertz CT molecular complexity index is 404. The molecule has 0 unspecified atom stereocenters. The summed E-state index contributed by atoms with van der Waals surface area (Å²) in [4.78, 5) is 2.40. The number of ether oxygens (including phenoxy) is 1. The molecule has 1 aromatic carbocycles. The molecule has 1 fully saturated rings. The van der Waals surface area contributed by atoms with Crippen LogP contribution in [0.4, 0.5) is 0 Å². The molecule has 0 saturated heterocycles. The van der Waals surface area contributed by atoms with Crippen LogP contribution in [0, 0.1) is 0 Å². The van der Waals surface area contributed by atoms with Gasteiger partial charge in [-0.1, -0.05) is 37.8 Å². The van der Waals surface area contributed by atoms with Crippen molar-refractivity contribution in [3.63, 3.8) is 0 Å². The predicted octanol–water partition coefficient (Wildman–Crippen LogP) is 3.73. The summed E-state index contributed by atoms with van der Waals surface area (Å²) < 4.78 is 5.62. The molecule has 1 aliphatic carbocycles. The van der Waals surface area contributed by atoms with E-state index >= 15 is 0 Å². The molecular weight excluding hydrogens is 286 g/mol. The fourth-order valence-electron chi connectivity index (χ4n) is 3.03. The quantitative estimate of drug-likeness (QED) is 0.832. The van der Waals surface area contributed by atoms with Gasteiger partial charge >= 0.3 is 0 Å². The van der Waals surface area contributed by atoms with Crippen molar-refractivity contribution in [1.29, 1.82) is 0 Å². The lowest BCUT2D eigenvalue weighted by Gasteiger charge is -2.34. The average molecular weight is 312 g/mol. The van der Waals surface area contributed by atoms with Crippen molar-refractivity contribution in [2.75, 3.05) is 19.7 Å². The minimum atomic E-state index is -0.456. The first kappa shape index (κ1) is 16.6. The van der Waals surface area contributed by atoms with Crippen LogP contribution in [0.1, 0.15) is 39.0 Å². The number of rotatable bonds is 7. The van der Waals surface area contributed by atoms with Crippen molar-refractivity contribution in [1.82, 2.24) is 4.90 Å². The van der Waals surface area contributed by atoms with Crippen LogP contribution >= 0.6 is 11.6 Å². The van der Waals surface area contributed by atoms with E-state index in [-0.39, 0.29) is 0 Å². The second-order valence-corrected chi connectivity index (χ2v) is 6.23. The van der Waals surface area contributed by atoms with Crippen molar-refractivity contribution < 1.29 is 9.84 Å². The normalized spacial score (nSPS) is 17.9. The number of hydrogen-bond donors (Lipinski definition) is 1. The molecule has 0 amide bonds. The molecule has 1 aliphatic rings. The lowest BCUT2D eigenvalue weighted by Crippen LogP contribution is -2.43. The highest BCUT2D eigenvalue weighted by atomic mass is 35.5. The second-order valence-electron chi connectivity index (χ2n) is 5.80. The van der Waals surface area contributed by atoms with E-state index < -0.39 is 6.10 Å². The van der Waals surface area contributed by atoms with Gasteiger partial charge in [-0.2, -0.15) is 0 Å². The van der Waals surface area contributed by atoms with Crippen molar-refractivity contribution in [2.45, 2.75) is 51.2 Å². The van der Waals surface area contributed by atoms with E-state index in [0.29, 0.717) is 24.2 Å². The van der Waals surface area contributed by atoms with Gasteiger partial charge in [-0.05, 0) is 43.7 Å². The van der Waals surface area contributed by atoms with Crippen molar-refractivity contribution in [3.8, 4) is 5.75 Å². The molecule has 2 rings (SSSR count). The smallest absolute Gasteiger partial charge is 0.119 e. The van der Waals surface area contributed by atoms with Gasteiger partial charge in [0.1, 0.15) is 18.5 Å². The summed E-state index contributed by atoms with van der Waals surface area (Å²) in [5.74, 6) is 0.749. The number of hydrogen-bond acceptors (Lipinski definition) is 3. The van der Waals surface area contributed by atoms with E-state index in [1.807, 2.05) is 12.1 Å².